The number of hydrogen-bond donors (Lipinski definition) is 1. The third-order valence-corrected chi connectivity index (χ3v) is 8.74. The Bertz CT molecular complexity index is 907. The van der Waals surface area contributed by atoms with E-state index in [2.05, 4.69) is 27.4 Å². The second kappa shape index (κ2) is 10.3. The molecule has 3 fully saturated rings. The molecule has 0 aromatic rings. The van der Waals surface area contributed by atoms with E-state index in [0.717, 1.165) is 6.42 Å². The van der Waals surface area contributed by atoms with Crippen LogP contribution in [0.2, 0.25) is 0 Å². The summed E-state index contributed by atoms with van der Waals surface area (Å²) in [6.07, 6.45) is 4.56. The fourth-order valence-corrected chi connectivity index (χ4v) is 7.64. The summed E-state index contributed by atoms with van der Waals surface area (Å²) in [6, 6.07) is -1.49. The van der Waals surface area contributed by atoms with Gasteiger partial charge in [-0.1, -0.05) is 40.7 Å². The number of aliphatic hydroxyl groups excluding tert-OH is 1. The summed E-state index contributed by atoms with van der Waals surface area (Å²) in [7, 11) is 0. The van der Waals surface area contributed by atoms with E-state index in [0.29, 0.717) is 32.2 Å². The summed E-state index contributed by atoms with van der Waals surface area (Å²) in [5.41, 5.74) is -2.55. The molecule has 2 bridgehead atoms. The van der Waals surface area contributed by atoms with Crippen LogP contribution in [0.3, 0.4) is 0 Å². The van der Waals surface area contributed by atoms with E-state index in [1.165, 1.54) is 0 Å². The normalized spacial score (nSPS) is 31.9. The monoisotopic (exact) mass is 520 g/mol. The van der Waals surface area contributed by atoms with Crippen LogP contribution >= 0.6 is 0 Å². The molecule has 3 aliphatic rings. The molecule has 3 aliphatic heterocycles. The van der Waals surface area contributed by atoms with Crippen LogP contribution in [0, 0.1) is 17.3 Å². The summed E-state index contributed by atoms with van der Waals surface area (Å²) in [5.74, 6) is -2.53. The Balaban J connectivity index is 2.18. The first kappa shape index (κ1) is 29.6. The fraction of sp³-hybridized carbons (Fsp3) is 0.828. The highest BCUT2D eigenvalue weighted by Crippen LogP contribution is 2.65. The lowest BCUT2D eigenvalue weighted by molar-refractivity contribution is -0.164. The third-order valence-electron chi connectivity index (χ3n) is 8.74. The molecule has 0 aromatic carbocycles. The molecular weight excluding hydrogens is 472 g/mol. The van der Waals surface area contributed by atoms with Crippen molar-refractivity contribution in [1.82, 2.24) is 9.80 Å². The molecule has 3 heterocycles. The van der Waals surface area contributed by atoms with Gasteiger partial charge in [0.25, 0.3) is 0 Å². The van der Waals surface area contributed by atoms with Crippen molar-refractivity contribution in [3.05, 3.63) is 12.7 Å². The van der Waals surface area contributed by atoms with Crippen molar-refractivity contribution >= 4 is 17.8 Å². The molecule has 1 spiro atoms. The van der Waals surface area contributed by atoms with Gasteiger partial charge in [-0.2, -0.15) is 0 Å². The number of fused-ring (bicyclic) bond motifs is 1. The molecular formula is C29H48N2O6. The predicted octanol–water partition coefficient (Wildman–Crippen LogP) is 3.70. The number of rotatable bonds is 11. The highest BCUT2D eigenvalue weighted by atomic mass is 16.6. The van der Waals surface area contributed by atoms with Crippen molar-refractivity contribution in [3.63, 3.8) is 0 Å². The van der Waals surface area contributed by atoms with Gasteiger partial charge in [0.15, 0.2) is 0 Å². The van der Waals surface area contributed by atoms with E-state index in [9.17, 15) is 19.5 Å². The average molecular weight is 521 g/mol. The molecule has 2 unspecified atom stereocenters. The van der Waals surface area contributed by atoms with Gasteiger partial charge in [0, 0.05) is 12.1 Å². The van der Waals surface area contributed by atoms with Crippen LogP contribution in [0.4, 0.5) is 0 Å². The number of esters is 1. The summed E-state index contributed by atoms with van der Waals surface area (Å²) in [4.78, 5) is 45.6. The first-order valence-corrected chi connectivity index (χ1v) is 13.9. The van der Waals surface area contributed by atoms with E-state index >= 15 is 0 Å². The molecule has 0 aromatic heterocycles. The minimum absolute atomic E-state index is 0.0458. The molecule has 37 heavy (non-hydrogen) atoms. The van der Waals surface area contributed by atoms with Gasteiger partial charge in [0.2, 0.25) is 11.8 Å². The van der Waals surface area contributed by atoms with E-state index in [-0.39, 0.29) is 30.4 Å². The minimum atomic E-state index is -1.14. The van der Waals surface area contributed by atoms with E-state index in [4.69, 9.17) is 9.47 Å². The molecule has 8 nitrogen and oxygen atoms in total. The van der Waals surface area contributed by atoms with Crippen molar-refractivity contribution in [2.75, 3.05) is 19.8 Å². The lowest BCUT2D eigenvalue weighted by atomic mass is 9.65. The van der Waals surface area contributed by atoms with Crippen LogP contribution in [0.5, 0.6) is 0 Å². The number of aliphatic hydroxyl groups is 1. The largest absolute Gasteiger partial charge is 0.466 e. The number of ether oxygens (including phenoxy) is 2. The zero-order valence-electron chi connectivity index (χ0n) is 24.1. The summed E-state index contributed by atoms with van der Waals surface area (Å²) in [5, 5.41) is 10.3. The van der Waals surface area contributed by atoms with Gasteiger partial charge in [-0.3, -0.25) is 14.4 Å². The predicted molar refractivity (Wildman–Crippen MR) is 142 cm³/mol. The van der Waals surface area contributed by atoms with Gasteiger partial charge in [0.1, 0.15) is 17.6 Å². The van der Waals surface area contributed by atoms with Gasteiger partial charge < -0.3 is 24.4 Å². The summed E-state index contributed by atoms with van der Waals surface area (Å²) < 4.78 is 12.2. The van der Waals surface area contributed by atoms with Gasteiger partial charge in [-0.05, 0) is 58.3 Å². The topological polar surface area (TPSA) is 96.4 Å². The zero-order chi connectivity index (χ0) is 28.0. The van der Waals surface area contributed by atoms with Gasteiger partial charge in [-0.25, -0.2) is 0 Å². The van der Waals surface area contributed by atoms with Crippen LogP contribution in [-0.4, -0.2) is 81.3 Å². The third kappa shape index (κ3) is 4.73. The van der Waals surface area contributed by atoms with Crippen LogP contribution in [0.25, 0.3) is 0 Å². The highest BCUT2D eigenvalue weighted by Gasteiger charge is 2.79. The smallest absolute Gasteiger partial charge is 0.312 e. The number of carbonyl (C=O) groups is 3. The van der Waals surface area contributed by atoms with Crippen LogP contribution in [0.15, 0.2) is 12.7 Å². The average Bonchev–Trinajstić information content (AvgIpc) is 3.40. The Kier molecular flexibility index (Phi) is 8.27. The first-order valence-electron chi connectivity index (χ1n) is 13.9. The Hall–Kier alpha value is -1.93. The van der Waals surface area contributed by atoms with Crippen LogP contribution < -0.4 is 0 Å². The number of hydrogen-bond acceptors (Lipinski definition) is 6. The molecule has 210 valence electrons. The van der Waals surface area contributed by atoms with Crippen molar-refractivity contribution < 1.29 is 29.0 Å². The number of amides is 2. The summed E-state index contributed by atoms with van der Waals surface area (Å²) in [6.45, 7) is 20.3. The van der Waals surface area contributed by atoms with E-state index in [1.807, 2.05) is 32.6 Å². The van der Waals surface area contributed by atoms with Gasteiger partial charge >= 0.3 is 5.97 Å². The Morgan fingerprint density at radius 1 is 1.24 bits per heavy atom. The number of nitrogens with zero attached hydrogens (tertiary/aromatic N) is 2. The highest BCUT2D eigenvalue weighted by molar-refractivity contribution is 5.99. The lowest BCUT2D eigenvalue weighted by Crippen LogP contribution is -2.62. The van der Waals surface area contributed by atoms with Crippen molar-refractivity contribution in [1.29, 1.82) is 0 Å². The Morgan fingerprint density at radius 3 is 2.38 bits per heavy atom. The number of carbonyl (C=O) groups excluding carboxylic acids is 3. The van der Waals surface area contributed by atoms with Crippen molar-refractivity contribution in [2.45, 2.75) is 116 Å². The molecule has 0 radical (unpaired) electrons. The standard InChI is InChI=1S/C29H48N2O6/c1-10-16-30(27(8,9)18-26(5,6)7)24(34)22-29-15-14-28(12-3,37-29)21(25(35)36-13-4)20(29)23(33)31(22)19(11-2)17-32/h10,19-22,32H,1,11-18H2,2-9H3/t19-,20-,21-,22?,28+,29?/m0/s1. The SMILES string of the molecule is C=CCN(C(=O)C1N([C@@H](CC)CO)C(=O)[C@@H]2[C@@H](C(=O)OCC)[C@@]3(CC)CCC12O3)C(C)(C)CC(C)(C)C. The maximum Gasteiger partial charge on any atom is 0.312 e. The Labute approximate surface area is 222 Å². The molecule has 0 saturated carbocycles. The van der Waals surface area contributed by atoms with Crippen molar-refractivity contribution in [2.24, 2.45) is 17.3 Å². The van der Waals surface area contributed by atoms with Crippen LogP contribution in [-0.2, 0) is 23.9 Å². The Morgan fingerprint density at radius 2 is 1.89 bits per heavy atom. The molecule has 3 rings (SSSR count). The van der Waals surface area contributed by atoms with E-state index in [1.54, 1.807) is 17.9 Å². The molecule has 8 heteroatoms. The van der Waals surface area contributed by atoms with Crippen LogP contribution in [0.1, 0.15) is 87.5 Å². The molecule has 3 saturated heterocycles. The van der Waals surface area contributed by atoms with Gasteiger partial charge in [-0.15, -0.1) is 6.58 Å². The molecule has 6 atom stereocenters. The maximum absolute atomic E-state index is 14.7. The zero-order valence-corrected chi connectivity index (χ0v) is 24.1. The number of likely N-dealkylation sites (tertiary alicyclic amines) is 1. The first-order chi connectivity index (χ1) is 17.2. The second-order valence-corrected chi connectivity index (χ2v) is 12.9. The summed E-state index contributed by atoms with van der Waals surface area (Å²) >= 11 is 0. The lowest BCUT2D eigenvalue weighted by Gasteiger charge is -2.46. The molecule has 1 N–H and O–H groups in total. The quantitative estimate of drug-likeness (QED) is 0.330. The minimum Gasteiger partial charge on any atom is -0.466 e. The molecule has 2 amide bonds. The second-order valence-electron chi connectivity index (χ2n) is 12.9. The molecule has 0 aliphatic carbocycles. The maximum atomic E-state index is 14.7. The van der Waals surface area contributed by atoms with E-state index < -0.39 is 46.6 Å². The fourth-order valence-electron chi connectivity index (χ4n) is 7.64. The van der Waals surface area contributed by atoms with Gasteiger partial charge in [0.05, 0.1) is 30.8 Å². The van der Waals surface area contributed by atoms with Crippen molar-refractivity contribution in [3.8, 4) is 0 Å².